The van der Waals surface area contributed by atoms with E-state index in [0.29, 0.717) is 0 Å². The molecule has 0 saturated carbocycles. The normalized spacial score (nSPS) is 17.5. The van der Waals surface area contributed by atoms with Crippen molar-refractivity contribution in [3.63, 3.8) is 0 Å². The maximum Gasteiger partial charge on any atom is -0.0229 e. The third kappa shape index (κ3) is 4.64. The van der Waals surface area contributed by atoms with Crippen LogP contribution in [0.5, 0.6) is 0 Å². The predicted octanol–water partition coefficient (Wildman–Crippen LogP) is 5.12. The van der Waals surface area contributed by atoms with Crippen LogP contribution >= 0.6 is 0 Å². The molecule has 0 N–H and O–H groups in total. The minimum absolute atomic E-state index is 0.805. The van der Waals surface area contributed by atoms with Gasteiger partial charge in [0.05, 0.1) is 0 Å². The smallest absolute Gasteiger partial charge is 0.0229 e. The molecule has 1 atom stereocenters. The lowest BCUT2D eigenvalue weighted by atomic mass is 9.88. The van der Waals surface area contributed by atoms with Gasteiger partial charge in [0, 0.05) is 0 Å². The molecule has 1 rings (SSSR count). The first-order chi connectivity index (χ1) is 6.74. The highest BCUT2D eigenvalue weighted by Crippen LogP contribution is 2.26. The van der Waals surface area contributed by atoms with E-state index in [4.69, 9.17) is 0 Å². The highest BCUT2D eigenvalue weighted by molar-refractivity contribution is 5.23. The molecule has 1 aliphatic carbocycles. The molecule has 0 heterocycles. The first-order valence-corrected chi connectivity index (χ1v) is 6.10. The fourth-order valence-electron chi connectivity index (χ4n) is 1.79. The fourth-order valence-corrected chi connectivity index (χ4v) is 1.79. The average Bonchev–Trinajstić information content (AvgIpc) is 2.22. The summed E-state index contributed by atoms with van der Waals surface area (Å²) in [6.45, 7) is 10.8. The molecule has 1 unspecified atom stereocenters. The van der Waals surface area contributed by atoms with Crippen LogP contribution in [0.2, 0.25) is 0 Å². The van der Waals surface area contributed by atoms with Crippen LogP contribution < -0.4 is 0 Å². The summed E-state index contributed by atoms with van der Waals surface area (Å²) in [5, 5.41) is 0. The Morgan fingerprint density at radius 2 is 1.86 bits per heavy atom. The summed E-state index contributed by atoms with van der Waals surface area (Å²) in [5.41, 5.74) is 3.19. The van der Waals surface area contributed by atoms with E-state index in [1.54, 1.807) is 5.57 Å². The molecule has 1 aliphatic rings. The van der Waals surface area contributed by atoms with Gasteiger partial charge in [-0.3, -0.25) is 0 Å². The zero-order valence-electron chi connectivity index (χ0n) is 10.6. The van der Waals surface area contributed by atoms with Crippen LogP contribution in [-0.4, -0.2) is 0 Å². The number of rotatable bonds is 3. The standard InChI is InChI=1S/C12H20.C2H6/c1-4-5-11(3)12-8-6-10(2)7-9-12;1-2/h6,8,11H,4-5,7,9H2,1-3H3;1-2H3. The molecule has 0 radical (unpaired) electrons. The van der Waals surface area contributed by atoms with E-state index in [2.05, 4.69) is 32.9 Å². The molecule has 0 aliphatic heterocycles. The lowest BCUT2D eigenvalue weighted by Gasteiger charge is -2.18. The molecular formula is C14H26. The molecule has 0 aromatic heterocycles. The van der Waals surface area contributed by atoms with Gasteiger partial charge in [-0.05, 0) is 32.1 Å². The summed E-state index contributed by atoms with van der Waals surface area (Å²) in [5.74, 6) is 0.805. The van der Waals surface area contributed by atoms with Gasteiger partial charge in [0.15, 0.2) is 0 Å². The lowest BCUT2D eigenvalue weighted by molar-refractivity contribution is 0.575. The van der Waals surface area contributed by atoms with Crippen molar-refractivity contribution >= 4 is 0 Å². The van der Waals surface area contributed by atoms with Crippen molar-refractivity contribution in [2.45, 2.75) is 60.3 Å². The molecule has 0 saturated heterocycles. The summed E-state index contributed by atoms with van der Waals surface area (Å²) < 4.78 is 0. The van der Waals surface area contributed by atoms with Gasteiger partial charge in [0.1, 0.15) is 0 Å². The van der Waals surface area contributed by atoms with Crippen molar-refractivity contribution < 1.29 is 0 Å². The Kier molecular flexibility index (Phi) is 7.55. The second-order valence-corrected chi connectivity index (χ2v) is 3.94. The molecule has 0 heteroatoms. The molecule has 0 nitrogen and oxygen atoms in total. The van der Waals surface area contributed by atoms with Crippen LogP contribution in [0.15, 0.2) is 23.3 Å². The first kappa shape index (κ1) is 13.5. The molecular weight excluding hydrogens is 168 g/mol. The van der Waals surface area contributed by atoms with E-state index in [1.807, 2.05) is 13.8 Å². The van der Waals surface area contributed by atoms with Crippen LogP contribution in [-0.2, 0) is 0 Å². The highest BCUT2D eigenvalue weighted by atomic mass is 14.1. The lowest BCUT2D eigenvalue weighted by Crippen LogP contribution is -2.02. The number of allylic oxidation sites excluding steroid dienone is 4. The Bertz CT molecular complexity index is 196. The van der Waals surface area contributed by atoms with Crippen molar-refractivity contribution in [2.24, 2.45) is 5.92 Å². The third-order valence-electron chi connectivity index (χ3n) is 2.74. The van der Waals surface area contributed by atoms with Crippen molar-refractivity contribution in [3.05, 3.63) is 23.3 Å². The second kappa shape index (κ2) is 7.84. The molecule has 14 heavy (non-hydrogen) atoms. The molecule has 0 aromatic carbocycles. The van der Waals surface area contributed by atoms with Gasteiger partial charge >= 0.3 is 0 Å². The molecule has 82 valence electrons. The van der Waals surface area contributed by atoms with Gasteiger partial charge in [0.25, 0.3) is 0 Å². The zero-order valence-corrected chi connectivity index (χ0v) is 10.6. The summed E-state index contributed by atoms with van der Waals surface area (Å²) in [6.07, 6.45) is 9.84. The van der Waals surface area contributed by atoms with Gasteiger partial charge in [-0.15, -0.1) is 0 Å². The SMILES string of the molecule is CC.CCCC(C)C1=CC=C(C)CC1. The van der Waals surface area contributed by atoms with Gasteiger partial charge < -0.3 is 0 Å². The van der Waals surface area contributed by atoms with Gasteiger partial charge in [0.2, 0.25) is 0 Å². The second-order valence-electron chi connectivity index (χ2n) is 3.94. The molecule has 0 amide bonds. The van der Waals surface area contributed by atoms with Crippen LogP contribution in [0.1, 0.15) is 60.3 Å². The number of hydrogen-bond donors (Lipinski definition) is 0. The third-order valence-corrected chi connectivity index (χ3v) is 2.74. The maximum atomic E-state index is 2.35. The molecule has 0 bridgehead atoms. The van der Waals surface area contributed by atoms with Crippen molar-refractivity contribution in [2.75, 3.05) is 0 Å². The van der Waals surface area contributed by atoms with E-state index >= 15 is 0 Å². The fraction of sp³-hybridized carbons (Fsp3) is 0.714. The van der Waals surface area contributed by atoms with Gasteiger partial charge in [-0.25, -0.2) is 0 Å². The van der Waals surface area contributed by atoms with E-state index < -0.39 is 0 Å². The Morgan fingerprint density at radius 1 is 1.21 bits per heavy atom. The Labute approximate surface area is 90.1 Å². The van der Waals surface area contributed by atoms with Crippen LogP contribution in [0.3, 0.4) is 0 Å². The van der Waals surface area contributed by atoms with Gasteiger partial charge in [-0.2, -0.15) is 0 Å². The highest BCUT2D eigenvalue weighted by Gasteiger charge is 2.09. The Hall–Kier alpha value is -0.520. The van der Waals surface area contributed by atoms with Crippen molar-refractivity contribution in [1.29, 1.82) is 0 Å². The van der Waals surface area contributed by atoms with Crippen molar-refractivity contribution in [1.82, 2.24) is 0 Å². The predicted molar refractivity (Wildman–Crippen MR) is 66.5 cm³/mol. The van der Waals surface area contributed by atoms with Crippen LogP contribution in [0.4, 0.5) is 0 Å². The largest absolute Gasteiger partial charge is 0.0730 e. The molecule has 0 fully saturated rings. The van der Waals surface area contributed by atoms with Crippen LogP contribution in [0.25, 0.3) is 0 Å². The van der Waals surface area contributed by atoms with Gasteiger partial charge in [-0.1, -0.05) is 57.4 Å². The minimum Gasteiger partial charge on any atom is -0.0730 e. The quantitative estimate of drug-likeness (QED) is 0.585. The number of hydrogen-bond acceptors (Lipinski definition) is 0. The summed E-state index contributed by atoms with van der Waals surface area (Å²) in [6, 6.07) is 0. The summed E-state index contributed by atoms with van der Waals surface area (Å²) in [7, 11) is 0. The minimum atomic E-state index is 0.805. The maximum absolute atomic E-state index is 2.35. The van der Waals surface area contributed by atoms with Crippen molar-refractivity contribution in [3.8, 4) is 0 Å². The molecule has 0 aromatic rings. The van der Waals surface area contributed by atoms with E-state index in [1.165, 1.54) is 31.3 Å². The van der Waals surface area contributed by atoms with Crippen LogP contribution in [0, 0.1) is 5.92 Å². The molecule has 0 spiro atoms. The average molecular weight is 194 g/mol. The topological polar surface area (TPSA) is 0 Å². The summed E-state index contributed by atoms with van der Waals surface area (Å²) >= 11 is 0. The Morgan fingerprint density at radius 3 is 2.29 bits per heavy atom. The zero-order chi connectivity index (χ0) is 11.0. The Balaban J connectivity index is 0.000000791. The van der Waals surface area contributed by atoms with E-state index in [0.717, 1.165) is 5.92 Å². The monoisotopic (exact) mass is 194 g/mol. The summed E-state index contributed by atoms with van der Waals surface area (Å²) in [4.78, 5) is 0. The van der Waals surface area contributed by atoms with E-state index in [9.17, 15) is 0 Å². The first-order valence-electron chi connectivity index (χ1n) is 6.10. The van der Waals surface area contributed by atoms with E-state index in [-0.39, 0.29) is 0 Å².